The van der Waals surface area contributed by atoms with Crippen LogP contribution in [0.1, 0.15) is 34.0 Å². The number of carbonyl (C=O) groups excluding carboxylic acids is 1. The number of aryl methyl sites for hydroxylation is 1. The van der Waals surface area contributed by atoms with Gasteiger partial charge in [-0.1, -0.05) is 60.7 Å². The number of rotatable bonds is 7. The maximum Gasteiger partial charge on any atom is 0.252 e. The molecule has 0 aliphatic carbocycles. The fraction of sp³-hybridized carbons (Fsp3) is 0.143. The minimum absolute atomic E-state index is 0.174. The van der Waals surface area contributed by atoms with E-state index in [2.05, 4.69) is 21.2 Å². The number of carbonyl (C=O) groups is 1. The number of benzene rings is 3. The third-order valence-electron chi connectivity index (χ3n) is 5.71. The van der Waals surface area contributed by atoms with Crippen molar-refractivity contribution in [2.24, 2.45) is 5.10 Å². The van der Waals surface area contributed by atoms with Gasteiger partial charge in [-0.25, -0.2) is 5.43 Å². The van der Waals surface area contributed by atoms with Gasteiger partial charge >= 0.3 is 0 Å². The van der Waals surface area contributed by atoms with E-state index in [0.29, 0.717) is 0 Å². The van der Waals surface area contributed by atoms with Crippen molar-refractivity contribution in [3.8, 4) is 11.4 Å². The van der Waals surface area contributed by atoms with Crippen LogP contribution in [-0.4, -0.2) is 23.8 Å². The summed E-state index contributed by atoms with van der Waals surface area (Å²) in [4.78, 5) is 13.1. The first-order chi connectivity index (χ1) is 16.1. The Kier molecular flexibility index (Phi) is 6.69. The van der Waals surface area contributed by atoms with Gasteiger partial charge in [0.2, 0.25) is 0 Å². The molecule has 33 heavy (non-hydrogen) atoms. The van der Waals surface area contributed by atoms with Crippen molar-refractivity contribution in [2.45, 2.75) is 19.8 Å². The molecule has 1 aromatic heterocycles. The molecule has 0 saturated heterocycles. The van der Waals surface area contributed by atoms with Gasteiger partial charge in [-0.05, 0) is 55.3 Å². The lowest BCUT2D eigenvalue weighted by Gasteiger charge is -2.16. The van der Waals surface area contributed by atoms with Crippen molar-refractivity contribution < 1.29 is 9.53 Å². The number of aromatic nitrogens is 1. The summed E-state index contributed by atoms with van der Waals surface area (Å²) in [6.45, 7) is 4.09. The number of nitrogens with one attached hydrogen (secondary N) is 1. The maximum absolute atomic E-state index is 13.1. The van der Waals surface area contributed by atoms with Crippen LogP contribution in [0.4, 0.5) is 0 Å². The molecule has 0 unspecified atom stereocenters. The largest absolute Gasteiger partial charge is 0.497 e. The SMILES string of the molecule is COc1ccc(-n2c(C)cc(/C=N\NC(=O)C(c3ccccc3)c3ccccc3)c2C)cc1. The molecule has 3 aromatic carbocycles. The predicted molar refractivity (Wildman–Crippen MR) is 132 cm³/mol. The number of methoxy groups -OCH3 is 1. The number of hydrogen-bond donors (Lipinski definition) is 1. The highest BCUT2D eigenvalue weighted by Gasteiger charge is 2.22. The van der Waals surface area contributed by atoms with E-state index in [9.17, 15) is 4.79 Å². The third kappa shape index (κ3) is 4.88. The molecule has 4 aromatic rings. The van der Waals surface area contributed by atoms with Gasteiger partial charge in [0.1, 0.15) is 5.75 Å². The topological polar surface area (TPSA) is 55.6 Å². The maximum atomic E-state index is 13.1. The smallest absolute Gasteiger partial charge is 0.252 e. The van der Waals surface area contributed by atoms with Gasteiger partial charge in [-0.2, -0.15) is 5.10 Å². The van der Waals surface area contributed by atoms with Gasteiger partial charge in [0.25, 0.3) is 5.91 Å². The Labute approximate surface area is 194 Å². The van der Waals surface area contributed by atoms with Gasteiger partial charge in [-0.3, -0.25) is 4.79 Å². The second kappa shape index (κ2) is 10.0. The summed E-state index contributed by atoms with van der Waals surface area (Å²) in [7, 11) is 1.66. The lowest BCUT2D eigenvalue weighted by atomic mass is 9.91. The normalized spacial score (nSPS) is 11.2. The Hall–Kier alpha value is -4.12. The average Bonchev–Trinajstić information content (AvgIpc) is 3.13. The van der Waals surface area contributed by atoms with Crippen LogP contribution in [0, 0.1) is 13.8 Å². The zero-order chi connectivity index (χ0) is 23.2. The van der Waals surface area contributed by atoms with Crippen molar-refractivity contribution in [3.63, 3.8) is 0 Å². The molecule has 166 valence electrons. The Morgan fingerprint density at radius 2 is 1.48 bits per heavy atom. The van der Waals surface area contributed by atoms with Crippen LogP contribution < -0.4 is 10.2 Å². The summed E-state index contributed by atoms with van der Waals surface area (Å²) >= 11 is 0. The van der Waals surface area contributed by atoms with Crippen molar-refractivity contribution in [1.82, 2.24) is 9.99 Å². The monoisotopic (exact) mass is 437 g/mol. The number of amides is 1. The first-order valence-electron chi connectivity index (χ1n) is 10.8. The van der Waals surface area contributed by atoms with Gasteiger partial charge in [0, 0.05) is 22.6 Å². The van der Waals surface area contributed by atoms with Gasteiger partial charge < -0.3 is 9.30 Å². The Morgan fingerprint density at radius 1 is 0.909 bits per heavy atom. The molecule has 0 bridgehead atoms. The minimum atomic E-state index is -0.434. The van der Waals surface area contributed by atoms with Crippen molar-refractivity contribution in [3.05, 3.63) is 119 Å². The second-order valence-corrected chi connectivity index (χ2v) is 7.85. The number of hydrogen-bond acceptors (Lipinski definition) is 3. The molecule has 0 saturated carbocycles. The van der Waals surface area contributed by atoms with E-state index in [4.69, 9.17) is 4.74 Å². The zero-order valence-electron chi connectivity index (χ0n) is 19.0. The van der Waals surface area contributed by atoms with Crippen LogP contribution in [0.2, 0.25) is 0 Å². The lowest BCUT2D eigenvalue weighted by Crippen LogP contribution is -2.26. The van der Waals surface area contributed by atoms with Crippen LogP contribution in [-0.2, 0) is 4.79 Å². The average molecular weight is 438 g/mol. The highest BCUT2D eigenvalue weighted by Crippen LogP contribution is 2.25. The quantitative estimate of drug-likeness (QED) is 0.312. The molecule has 0 aliphatic heterocycles. The van der Waals surface area contributed by atoms with Crippen LogP contribution in [0.3, 0.4) is 0 Å². The van der Waals surface area contributed by atoms with E-state index in [0.717, 1.165) is 39.5 Å². The molecule has 0 radical (unpaired) electrons. The Morgan fingerprint density at radius 3 is 2.03 bits per heavy atom. The van der Waals surface area contributed by atoms with E-state index in [1.165, 1.54) is 0 Å². The molecule has 0 fully saturated rings. The van der Waals surface area contributed by atoms with E-state index in [-0.39, 0.29) is 5.91 Å². The van der Waals surface area contributed by atoms with Crippen molar-refractivity contribution in [2.75, 3.05) is 7.11 Å². The predicted octanol–water partition coefficient (Wildman–Crippen LogP) is 5.38. The van der Waals surface area contributed by atoms with Crippen LogP contribution in [0.25, 0.3) is 5.69 Å². The molecule has 0 spiro atoms. The van der Waals surface area contributed by atoms with Crippen LogP contribution >= 0.6 is 0 Å². The molecule has 5 heteroatoms. The molecule has 0 aliphatic rings. The Bertz CT molecular complexity index is 1200. The molecule has 5 nitrogen and oxygen atoms in total. The molecule has 1 amide bonds. The summed E-state index contributed by atoms with van der Waals surface area (Å²) in [6, 6.07) is 29.5. The number of nitrogens with zero attached hydrogens (tertiary/aromatic N) is 2. The third-order valence-corrected chi connectivity index (χ3v) is 5.71. The molecular weight excluding hydrogens is 410 g/mol. The highest BCUT2D eigenvalue weighted by atomic mass is 16.5. The molecule has 1 heterocycles. The summed E-state index contributed by atoms with van der Waals surface area (Å²) in [6.07, 6.45) is 1.70. The van der Waals surface area contributed by atoms with E-state index in [1.54, 1.807) is 13.3 Å². The molecule has 0 atom stereocenters. The summed E-state index contributed by atoms with van der Waals surface area (Å²) < 4.78 is 7.41. The molecular formula is C28H27N3O2. The fourth-order valence-corrected chi connectivity index (χ4v) is 4.06. The lowest BCUT2D eigenvalue weighted by molar-refractivity contribution is -0.121. The first-order valence-corrected chi connectivity index (χ1v) is 10.8. The molecule has 1 N–H and O–H groups in total. The van der Waals surface area contributed by atoms with Gasteiger partial charge in [-0.15, -0.1) is 0 Å². The van der Waals surface area contributed by atoms with Crippen LogP contribution in [0.15, 0.2) is 96.1 Å². The van der Waals surface area contributed by atoms with Crippen LogP contribution in [0.5, 0.6) is 5.75 Å². The number of ether oxygens (including phenoxy) is 1. The van der Waals surface area contributed by atoms with Crippen molar-refractivity contribution in [1.29, 1.82) is 0 Å². The number of hydrazone groups is 1. The fourth-order valence-electron chi connectivity index (χ4n) is 4.06. The van der Waals surface area contributed by atoms with Gasteiger partial charge in [0.15, 0.2) is 0 Å². The van der Waals surface area contributed by atoms with Crippen molar-refractivity contribution >= 4 is 12.1 Å². The highest BCUT2D eigenvalue weighted by molar-refractivity contribution is 5.89. The van der Waals surface area contributed by atoms with E-state index >= 15 is 0 Å². The summed E-state index contributed by atoms with van der Waals surface area (Å²) in [5.41, 5.74) is 8.70. The summed E-state index contributed by atoms with van der Waals surface area (Å²) in [5.74, 6) is 0.209. The second-order valence-electron chi connectivity index (χ2n) is 7.85. The van der Waals surface area contributed by atoms with E-state index < -0.39 is 5.92 Å². The zero-order valence-corrected chi connectivity index (χ0v) is 19.0. The Balaban J connectivity index is 1.55. The first kappa shape index (κ1) is 22.1. The van der Waals surface area contributed by atoms with Gasteiger partial charge in [0.05, 0.1) is 19.2 Å². The van der Waals surface area contributed by atoms with E-state index in [1.807, 2.05) is 98.8 Å². The molecule has 4 rings (SSSR count). The summed E-state index contributed by atoms with van der Waals surface area (Å²) in [5, 5.41) is 4.29. The standard InChI is InChI=1S/C28H27N3O2/c1-20-18-24(21(2)31(20)25-14-16-26(33-3)17-15-25)19-29-30-28(32)27(22-10-6-4-7-11-22)23-12-8-5-9-13-23/h4-19,27H,1-3H3,(H,30,32)/b29-19-. The minimum Gasteiger partial charge on any atom is -0.497 e.